The molecular weight excluding hydrogens is 348 g/mol. The molecule has 1 saturated heterocycles. The van der Waals surface area contributed by atoms with Gasteiger partial charge in [-0.1, -0.05) is 35.9 Å². The normalized spacial score (nSPS) is 16.8. The molecule has 0 unspecified atom stereocenters. The maximum atomic E-state index is 12.5. The van der Waals surface area contributed by atoms with E-state index in [0.29, 0.717) is 5.69 Å². The lowest BCUT2D eigenvalue weighted by molar-refractivity contribution is -0.121. The molecule has 3 rings (SSSR count). The number of imide groups is 1. The molecule has 0 saturated carbocycles. The highest BCUT2D eigenvalue weighted by atomic mass is 32.2. The van der Waals surface area contributed by atoms with Gasteiger partial charge in [-0.2, -0.15) is 0 Å². The summed E-state index contributed by atoms with van der Waals surface area (Å²) >= 11 is 1.21. The summed E-state index contributed by atoms with van der Waals surface area (Å²) in [4.78, 5) is 38.1. The zero-order valence-electron chi connectivity index (χ0n) is 14.7. The van der Waals surface area contributed by atoms with Crippen molar-refractivity contribution in [3.05, 3.63) is 59.7 Å². The number of carbonyl (C=O) groups excluding carboxylic acids is 3. The fraction of sp³-hybridized carbons (Fsp3) is 0.250. The minimum Gasteiger partial charge on any atom is -0.325 e. The lowest BCUT2D eigenvalue weighted by Crippen LogP contribution is -2.31. The van der Waals surface area contributed by atoms with Gasteiger partial charge in [0, 0.05) is 12.1 Å². The van der Waals surface area contributed by atoms with Gasteiger partial charge in [-0.25, -0.2) is 4.90 Å². The molecule has 6 heteroatoms. The molecule has 2 aromatic rings. The number of hydrogen-bond acceptors (Lipinski definition) is 4. The van der Waals surface area contributed by atoms with E-state index in [2.05, 4.69) is 5.32 Å². The van der Waals surface area contributed by atoms with Crippen LogP contribution in [0.5, 0.6) is 0 Å². The first-order chi connectivity index (χ1) is 12.5. The van der Waals surface area contributed by atoms with E-state index >= 15 is 0 Å². The number of rotatable bonds is 5. The van der Waals surface area contributed by atoms with Gasteiger partial charge < -0.3 is 5.32 Å². The van der Waals surface area contributed by atoms with Crippen molar-refractivity contribution in [2.45, 2.75) is 25.5 Å². The fourth-order valence-corrected chi connectivity index (χ4v) is 3.83. The van der Waals surface area contributed by atoms with Gasteiger partial charge in [-0.15, -0.1) is 11.8 Å². The third-order valence-corrected chi connectivity index (χ3v) is 5.39. The van der Waals surface area contributed by atoms with Crippen molar-refractivity contribution in [3.63, 3.8) is 0 Å². The average Bonchev–Trinajstić information content (AvgIpc) is 2.90. The van der Waals surface area contributed by atoms with E-state index in [1.807, 2.05) is 38.1 Å². The molecule has 0 aliphatic carbocycles. The van der Waals surface area contributed by atoms with Crippen LogP contribution in [-0.4, -0.2) is 28.7 Å². The van der Waals surface area contributed by atoms with E-state index < -0.39 is 5.25 Å². The highest BCUT2D eigenvalue weighted by molar-refractivity contribution is 8.01. The van der Waals surface area contributed by atoms with E-state index in [9.17, 15) is 14.4 Å². The number of nitrogens with zero attached hydrogens (tertiary/aromatic N) is 1. The molecule has 1 fully saturated rings. The molecule has 3 amide bonds. The number of amides is 3. The van der Waals surface area contributed by atoms with Crippen LogP contribution in [0.1, 0.15) is 17.5 Å². The SMILES string of the molecule is Cc1ccc(NC(=O)CS[C@H]2CC(=O)N(c3ccccc3)C2=O)c(C)c1. The first-order valence-electron chi connectivity index (χ1n) is 8.36. The van der Waals surface area contributed by atoms with E-state index in [1.165, 1.54) is 16.7 Å². The minimum absolute atomic E-state index is 0.120. The van der Waals surface area contributed by atoms with Gasteiger partial charge in [0.1, 0.15) is 0 Å². The lowest BCUT2D eigenvalue weighted by Gasteiger charge is -2.14. The minimum atomic E-state index is -0.521. The van der Waals surface area contributed by atoms with Crippen molar-refractivity contribution >= 4 is 40.9 Å². The molecule has 1 aliphatic rings. The van der Waals surface area contributed by atoms with Gasteiger partial charge in [0.05, 0.1) is 16.7 Å². The summed E-state index contributed by atoms with van der Waals surface area (Å²) in [5, 5.41) is 2.34. The van der Waals surface area contributed by atoms with Crippen LogP contribution in [0.3, 0.4) is 0 Å². The highest BCUT2D eigenvalue weighted by Crippen LogP contribution is 2.29. The summed E-state index contributed by atoms with van der Waals surface area (Å²) in [6.07, 6.45) is 0.120. The third kappa shape index (κ3) is 3.96. The van der Waals surface area contributed by atoms with Crippen molar-refractivity contribution in [2.75, 3.05) is 16.0 Å². The second kappa shape index (κ2) is 7.74. The first kappa shape index (κ1) is 18.2. The Morgan fingerprint density at radius 3 is 2.58 bits per heavy atom. The summed E-state index contributed by atoms with van der Waals surface area (Å²) in [5.41, 5.74) is 3.46. The van der Waals surface area contributed by atoms with Crippen LogP contribution in [-0.2, 0) is 14.4 Å². The van der Waals surface area contributed by atoms with Gasteiger partial charge in [0.15, 0.2) is 0 Å². The molecule has 0 bridgehead atoms. The lowest BCUT2D eigenvalue weighted by atomic mass is 10.1. The summed E-state index contributed by atoms with van der Waals surface area (Å²) in [5.74, 6) is -0.543. The number of aryl methyl sites for hydroxylation is 2. The number of carbonyl (C=O) groups is 3. The number of benzene rings is 2. The summed E-state index contributed by atoms with van der Waals surface area (Å²) in [6.45, 7) is 3.93. The average molecular weight is 368 g/mol. The van der Waals surface area contributed by atoms with Crippen molar-refractivity contribution < 1.29 is 14.4 Å². The number of anilines is 2. The topological polar surface area (TPSA) is 66.5 Å². The Morgan fingerprint density at radius 1 is 1.15 bits per heavy atom. The maximum Gasteiger partial charge on any atom is 0.247 e. The molecule has 26 heavy (non-hydrogen) atoms. The van der Waals surface area contributed by atoms with Crippen LogP contribution in [0.15, 0.2) is 48.5 Å². The van der Waals surface area contributed by atoms with E-state index in [1.54, 1.807) is 24.3 Å². The molecule has 2 aromatic carbocycles. The van der Waals surface area contributed by atoms with Crippen molar-refractivity contribution in [2.24, 2.45) is 0 Å². The van der Waals surface area contributed by atoms with Gasteiger partial charge in [0.25, 0.3) is 0 Å². The smallest absolute Gasteiger partial charge is 0.247 e. The van der Waals surface area contributed by atoms with Gasteiger partial charge in [-0.05, 0) is 37.6 Å². The summed E-state index contributed by atoms with van der Waals surface area (Å²) in [6, 6.07) is 14.7. The van der Waals surface area contributed by atoms with E-state index in [-0.39, 0.29) is 29.9 Å². The predicted octanol–water partition coefficient (Wildman–Crippen LogP) is 3.31. The standard InChI is InChI=1S/C20H20N2O3S/c1-13-8-9-16(14(2)10-13)21-18(23)12-26-17-11-19(24)22(20(17)25)15-6-4-3-5-7-15/h3-10,17H,11-12H2,1-2H3,(H,21,23)/t17-/m0/s1. The largest absolute Gasteiger partial charge is 0.325 e. The van der Waals surface area contributed by atoms with Crippen LogP contribution in [0.2, 0.25) is 0 Å². The quantitative estimate of drug-likeness (QED) is 0.823. The first-order valence-corrected chi connectivity index (χ1v) is 9.41. The third-order valence-electron chi connectivity index (χ3n) is 4.19. The summed E-state index contributed by atoms with van der Waals surface area (Å²) in [7, 11) is 0. The van der Waals surface area contributed by atoms with Gasteiger partial charge >= 0.3 is 0 Å². The van der Waals surface area contributed by atoms with Crippen molar-refractivity contribution in [1.29, 1.82) is 0 Å². The van der Waals surface area contributed by atoms with E-state index in [0.717, 1.165) is 16.8 Å². The number of para-hydroxylation sites is 1. The number of hydrogen-bond donors (Lipinski definition) is 1. The van der Waals surface area contributed by atoms with Crippen molar-refractivity contribution in [1.82, 2.24) is 0 Å². The summed E-state index contributed by atoms with van der Waals surface area (Å²) < 4.78 is 0. The Labute approximate surface area is 156 Å². The Balaban J connectivity index is 1.59. The molecule has 0 aromatic heterocycles. The Morgan fingerprint density at radius 2 is 1.88 bits per heavy atom. The molecule has 1 aliphatic heterocycles. The van der Waals surface area contributed by atoms with Crippen LogP contribution in [0, 0.1) is 13.8 Å². The molecule has 0 radical (unpaired) electrons. The maximum absolute atomic E-state index is 12.5. The van der Waals surface area contributed by atoms with Crippen LogP contribution in [0.4, 0.5) is 11.4 Å². The van der Waals surface area contributed by atoms with E-state index in [4.69, 9.17) is 0 Å². The second-order valence-corrected chi connectivity index (χ2v) is 7.46. The van der Waals surface area contributed by atoms with Gasteiger partial charge in [0.2, 0.25) is 17.7 Å². The number of nitrogens with one attached hydrogen (secondary N) is 1. The Hall–Kier alpha value is -2.60. The molecule has 1 N–H and O–H groups in total. The van der Waals surface area contributed by atoms with Crippen molar-refractivity contribution in [3.8, 4) is 0 Å². The zero-order chi connectivity index (χ0) is 18.7. The predicted molar refractivity (Wildman–Crippen MR) is 104 cm³/mol. The molecule has 134 valence electrons. The molecule has 0 spiro atoms. The van der Waals surface area contributed by atoms with Crippen LogP contribution < -0.4 is 10.2 Å². The Bertz CT molecular complexity index is 851. The monoisotopic (exact) mass is 368 g/mol. The Kier molecular flexibility index (Phi) is 5.42. The van der Waals surface area contributed by atoms with Crippen LogP contribution in [0.25, 0.3) is 0 Å². The highest BCUT2D eigenvalue weighted by Gasteiger charge is 2.39. The molecule has 1 heterocycles. The zero-order valence-corrected chi connectivity index (χ0v) is 15.5. The van der Waals surface area contributed by atoms with Crippen LogP contribution >= 0.6 is 11.8 Å². The number of thioether (sulfide) groups is 1. The molecule has 1 atom stereocenters. The fourth-order valence-electron chi connectivity index (χ4n) is 2.90. The molecular formula is C20H20N2O3S. The molecule has 5 nitrogen and oxygen atoms in total. The van der Waals surface area contributed by atoms with Gasteiger partial charge in [-0.3, -0.25) is 14.4 Å². The second-order valence-electron chi connectivity index (χ2n) is 6.27.